The first-order valence-electron chi connectivity index (χ1n) is 4.78. The minimum atomic E-state index is -0.870. The summed E-state index contributed by atoms with van der Waals surface area (Å²) in [5, 5.41) is 9.60. The molecule has 1 heterocycles. The maximum Gasteiger partial charge on any atom is 0.329 e. The maximum absolute atomic E-state index is 10.8. The number of thioether (sulfide) groups is 1. The molecule has 16 heavy (non-hydrogen) atoms. The molecule has 84 valence electrons. The molecule has 1 N–H and O–H groups in total. The van der Waals surface area contributed by atoms with Crippen molar-refractivity contribution in [3.05, 3.63) is 29.8 Å². The molecule has 0 bridgehead atoms. The van der Waals surface area contributed by atoms with Gasteiger partial charge in [-0.25, -0.2) is 4.79 Å². The molecule has 0 aromatic heterocycles. The van der Waals surface area contributed by atoms with Crippen LogP contribution in [0.1, 0.15) is 5.56 Å². The molecule has 1 aliphatic rings. The van der Waals surface area contributed by atoms with Gasteiger partial charge in [0.2, 0.25) is 0 Å². The van der Waals surface area contributed by atoms with Gasteiger partial charge >= 0.3 is 5.97 Å². The molecule has 0 saturated heterocycles. The summed E-state index contributed by atoms with van der Waals surface area (Å²) in [5.41, 5.74) is 0.910. The molecule has 0 aliphatic carbocycles. The third kappa shape index (κ3) is 2.19. The van der Waals surface area contributed by atoms with E-state index in [1.165, 1.54) is 11.8 Å². The van der Waals surface area contributed by atoms with E-state index in [9.17, 15) is 4.79 Å². The number of nitrogens with zero attached hydrogens (tertiary/aromatic N) is 1. The summed E-state index contributed by atoms with van der Waals surface area (Å²) in [5.74, 6) is 0.381. The lowest BCUT2D eigenvalue weighted by Crippen LogP contribution is -2.17. The second-order valence-corrected chi connectivity index (χ2v) is 4.34. The molecule has 1 aliphatic heterocycles. The van der Waals surface area contributed by atoms with Gasteiger partial charge in [0.05, 0.1) is 12.2 Å². The number of methoxy groups -OCH3 is 1. The number of aliphatic imine (C=N–C) groups is 1. The van der Waals surface area contributed by atoms with Crippen molar-refractivity contribution in [3.63, 3.8) is 0 Å². The van der Waals surface area contributed by atoms with Crippen LogP contribution in [0.5, 0.6) is 5.75 Å². The molecule has 1 aromatic carbocycles. The van der Waals surface area contributed by atoms with Gasteiger partial charge in [0.25, 0.3) is 0 Å². The first-order valence-corrected chi connectivity index (χ1v) is 5.77. The summed E-state index contributed by atoms with van der Waals surface area (Å²) in [6, 6.07) is 6.85. The minimum absolute atomic E-state index is 0.502. The molecule has 1 atom stereocenters. The van der Waals surface area contributed by atoms with Crippen LogP contribution in [0, 0.1) is 0 Å². The van der Waals surface area contributed by atoms with Crippen molar-refractivity contribution >= 4 is 22.8 Å². The van der Waals surface area contributed by atoms with Gasteiger partial charge in [0.1, 0.15) is 5.75 Å². The van der Waals surface area contributed by atoms with Crippen molar-refractivity contribution in [1.82, 2.24) is 0 Å². The van der Waals surface area contributed by atoms with Crippen molar-refractivity contribution in [2.45, 2.75) is 6.04 Å². The van der Waals surface area contributed by atoms with E-state index in [1.807, 2.05) is 24.3 Å². The van der Waals surface area contributed by atoms with Crippen LogP contribution in [0.3, 0.4) is 0 Å². The van der Waals surface area contributed by atoms with E-state index in [2.05, 4.69) is 4.99 Å². The van der Waals surface area contributed by atoms with Crippen LogP contribution in [0.15, 0.2) is 29.3 Å². The number of ether oxygens (including phenoxy) is 1. The van der Waals surface area contributed by atoms with Gasteiger partial charge in [-0.05, 0) is 12.1 Å². The molecule has 1 aromatic rings. The SMILES string of the molecule is COc1cccc(C2=NC(C(=O)O)CS2)c1. The van der Waals surface area contributed by atoms with E-state index in [0.717, 1.165) is 16.4 Å². The van der Waals surface area contributed by atoms with E-state index >= 15 is 0 Å². The van der Waals surface area contributed by atoms with Crippen molar-refractivity contribution in [2.75, 3.05) is 12.9 Å². The maximum atomic E-state index is 10.8. The van der Waals surface area contributed by atoms with Gasteiger partial charge in [-0.15, -0.1) is 11.8 Å². The molecule has 0 saturated carbocycles. The van der Waals surface area contributed by atoms with E-state index in [-0.39, 0.29) is 0 Å². The van der Waals surface area contributed by atoms with Crippen LogP contribution in [-0.2, 0) is 4.79 Å². The lowest BCUT2D eigenvalue weighted by atomic mass is 10.2. The molecule has 0 spiro atoms. The number of rotatable bonds is 3. The van der Waals surface area contributed by atoms with Crippen molar-refractivity contribution in [1.29, 1.82) is 0 Å². The summed E-state index contributed by atoms with van der Waals surface area (Å²) in [4.78, 5) is 14.9. The van der Waals surface area contributed by atoms with Crippen LogP contribution in [0.25, 0.3) is 0 Å². The van der Waals surface area contributed by atoms with Crippen LogP contribution in [0.4, 0.5) is 0 Å². The van der Waals surface area contributed by atoms with E-state index in [4.69, 9.17) is 9.84 Å². The first kappa shape index (κ1) is 11.0. The number of carbonyl (C=O) groups is 1. The molecule has 5 heteroatoms. The third-order valence-electron chi connectivity index (χ3n) is 2.25. The molecule has 2 rings (SSSR count). The zero-order chi connectivity index (χ0) is 11.5. The van der Waals surface area contributed by atoms with E-state index < -0.39 is 12.0 Å². The highest BCUT2D eigenvalue weighted by Crippen LogP contribution is 2.25. The molecule has 0 radical (unpaired) electrons. The van der Waals surface area contributed by atoms with Gasteiger partial charge in [-0.3, -0.25) is 4.99 Å². The van der Waals surface area contributed by atoms with Gasteiger partial charge in [-0.1, -0.05) is 12.1 Å². The van der Waals surface area contributed by atoms with Crippen LogP contribution >= 0.6 is 11.8 Å². The summed E-state index contributed by atoms with van der Waals surface area (Å²) < 4.78 is 5.11. The van der Waals surface area contributed by atoms with Crippen molar-refractivity contribution in [2.24, 2.45) is 4.99 Å². The fraction of sp³-hybridized carbons (Fsp3) is 0.273. The molecular weight excluding hydrogens is 226 g/mol. The highest BCUT2D eigenvalue weighted by Gasteiger charge is 2.25. The number of hydrogen-bond donors (Lipinski definition) is 1. The minimum Gasteiger partial charge on any atom is -0.497 e. The number of carboxylic acid groups (broad SMARTS) is 1. The van der Waals surface area contributed by atoms with E-state index in [1.54, 1.807) is 7.11 Å². The Kier molecular flexibility index (Phi) is 3.14. The zero-order valence-electron chi connectivity index (χ0n) is 8.71. The second kappa shape index (κ2) is 4.57. The Labute approximate surface area is 97.3 Å². The van der Waals surface area contributed by atoms with Gasteiger partial charge < -0.3 is 9.84 Å². The Morgan fingerprint density at radius 3 is 3.06 bits per heavy atom. The largest absolute Gasteiger partial charge is 0.497 e. The Morgan fingerprint density at radius 1 is 1.62 bits per heavy atom. The second-order valence-electron chi connectivity index (χ2n) is 3.33. The summed E-state index contributed by atoms with van der Waals surface area (Å²) in [6.45, 7) is 0. The smallest absolute Gasteiger partial charge is 0.329 e. The van der Waals surface area contributed by atoms with Crippen LogP contribution in [-0.4, -0.2) is 35.0 Å². The average Bonchev–Trinajstić information content (AvgIpc) is 2.78. The number of hydrogen-bond acceptors (Lipinski definition) is 4. The topological polar surface area (TPSA) is 58.9 Å². The molecular formula is C11H11NO3S. The summed E-state index contributed by atoms with van der Waals surface area (Å²) >= 11 is 1.46. The number of benzene rings is 1. The average molecular weight is 237 g/mol. The van der Waals surface area contributed by atoms with Gasteiger partial charge in [0.15, 0.2) is 6.04 Å². The molecule has 0 fully saturated rings. The van der Waals surface area contributed by atoms with Crippen molar-refractivity contribution in [3.8, 4) is 5.75 Å². The summed E-state index contributed by atoms with van der Waals surface area (Å²) in [7, 11) is 1.60. The fourth-order valence-corrected chi connectivity index (χ4v) is 2.44. The fourth-order valence-electron chi connectivity index (χ4n) is 1.41. The summed E-state index contributed by atoms with van der Waals surface area (Å²) in [6.07, 6.45) is 0. The highest BCUT2D eigenvalue weighted by atomic mass is 32.2. The van der Waals surface area contributed by atoms with Crippen molar-refractivity contribution < 1.29 is 14.6 Å². The first-order chi connectivity index (χ1) is 7.70. The molecule has 1 unspecified atom stereocenters. The lowest BCUT2D eigenvalue weighted by Gasteiger charge is -2.02. The predicted octanol–water partition coefficient (Wildman–Crippen LogP) is 1.64. The Bertz CT molecular complexity index is 445. The monoisotopic (exact) mass is 237 g/mol. The number of carboxylic acids is 1. The normalized spacial score (nSPS) is 19.3. The van der Waals surface area contributed by atoms with Gasteiger partial charge in [0, 0.05) is 11.3 Å². The highest BCUT2D eigenvalue weighted by molar-refractivity contribution is 8.14. The Balaban J connectivity index is 2.25. The standard InChI is InChI=1S/C11H11NO3S/c1-15-8-4-2-3-7(5-8)10-12-9(6-16-10)11(13)14/h2-5,9H,6H2,1H3,(H,13,14). The molecule has 4 nitrogen and oxygen atoms in total. The number of aliphatic carboxylic acids is 1. The zero-order valence-corrected chi connectivity index (χ0v) is 9.53. The molecule has 0 amide bonds. The lowest BCUT2D eigenvalue weighted by molar-refractivity contribution is -0.137. The third-order valence-corrected chi connectivity index (χ3v) is 3.35. The Hall–Kier alpha value is -1.49. The van der Waals surface area contributed by atoms with Gasteiger partial charge in [-0.2, -0.15) is 0 Å². The van der Waals surface area contributed by atoms with Crippen LogP contribution < -0.4 is 4.74 Å². The van der Waals surface area contributed by atoms with E-state index in [0.29, 0.717) is 5.75 Å². The van der Waals surface area contributed by atoms with Crippen LogP contribution in [0.2, 0.25) is 0 Å². The Morgan fingerprint density at radius 2 is 2.44 bits per heavy atom. The quantitative estimate of drug-likeness (QED) is 0.868. The predicted molar refractivity (Wildman–Crippen MR) is 63.4 cm³/mol.